The van der Waals surface area contributed by atoms with Gasteiger partial charge in [-0.15, -0.1) is 11.3 Å². The van der Waals surface area contributed by atoms with Gasteiger partial charge in [0.15, 0.2) is 6.04 Å². The van der Waals surface area contributed by atoms with Gasteiger partial charge in [0.1, 0.15) is 11.6 Å². The number of carbonyl (C=O) groups is 2. The molecule has 2 rings (SSSR count). The normalized spacial score (nSPS) is 20.5. The highest BCUT2D eigenvalue weighted by atomic mass is 35.5. The van der Waals surface area contributed by atoms with Gasteiger partial charge in [0.05, 0.1) is 4.34 Å². The molecule has 1 unspecified atom stereocenters. The van der Waals surface area contributed by atoms with Crippen LogP contribution in [0.1, 0.15) is 0 Å². The first-order valence-electron chi connectivity index (χ1n) is 4.03. The molecule has 1 amide bonds. The monoisotopic (exact) mass is 247 g/mol. The number of ether oxygens (including phenoxy) is 1. The van der Waals surface area contributed by atoms with E-state index in [1.165, 1.54) is 0 Å². The SMILES string of the molecule is O=C(O)C1COC(=O)N1c1ccc(Cl)s1. The van der Waals surface area contributed by atoms with Crippen molar-refractivity contribution < 1.29 is 19.4 Å². The van der Waals surface area contributed by atoms with Crippen LogP contribution in [0.5, 0.6) is 0 Å². The fourth-order valence-electron chi connectivity index (χ4n) is 1.28. The molecular weight excluding hydrogens is 242 g/mol. The minimum atomic E-state index is -1.09. The van der Waals surface area contributed by atoms with E-state index >= 15 is 0 Å². The van der Waals surface area contributed by atoms with Crippen LogP contribution in [-0.4, -0.2) is 29.8 Å². The number of nitrogens with zero attached hydrogens (tertiary/aromatic N) is 1. The third-order valence-electron chi connectivity index (χ3n) is 1.95. The number of cyclic esters (lactones) is 1. The number of aliphatic carboxylic acids is 1. The standard InChI is InChI=1S/C8H6ClNO4S/c9-5-1-2-6(15-5)10-4(7(11)12)3-14-8(10)13/h1-2,4H,3H2,(H,11,12). The van der Waals surface area contributed by atoms with Crippen LogP contribution in [0.15, 0.2) is 12.1 Å². The summed E-state index contributed by atoms with van der Waals surface area (Å²) in [5.74, 6) is -1.09. The minimum absolute atomic E-state index is 0.135. The zero-order valence-corrected chi connectivity index (χ0v) is 8.92. The molecule has 1 atom stereocenters. The largest absolute Gasteiger partial charge is 0.480 e. The third kappa shape index (κ3) is 1.78. The number of rotatable bonds is 2. The molecule has 5 nitrogen and oxygen atoms in total. The number of carbonyl (C=O) groups excluding carboxylic acids is 1. The summed E-state index contributed by atoms with van der Waals surface area (Å²) in [6.07, 6.45) is -0.652. The number of anilines is 1. The maximum atomic E-state index is 11.3. The van der Waals surface area contributed by atoms with Gasteiger partial charge in [0, 0.05) is 0 Å². The summed E-state index contributed by atoms with van der Waals surface area (Å²) in [5, 5.41) is 9.35. The number of amides is 1. The van der Waals surface area contributed by atoms with E-state index in [4.69, 9.17) is 16.7 Å². The van der Waals surface area contributed by atoms with Crippen molar-refractivity contribution in [2.75, 3.05) is 11.5 Å². The summed E-state index contributed by atoms with van der Waals surface area (Å²) in [4.78, 5) is 23.2. The molecule has 1 aliphatic rings. The smallest absolute Gasteiger partial charge is 0.415 e. The molecule has 80 valence electrons. The molecule has 7 heteroatoms. The second kappa shape index (κ2) is 3.71. The number of hydrogen-bond acceptors (Lipinski definition) is 4. The predicted octanol–water partition coefficient (Wildman–Crippen LogP) is 1.81. The van der Waals surface area contributed by atoms with E-state index in [1.54, 1.807) is 12.1 Å². The number of thiophene rings is 1. The number of carboxylic acid groups (broad SMARTS) is 1. The average molecular weight is 248 g/mol. The van der Waals surface area contributed by atoms with Gasteiger partial charge in [0.25, 0.3) is 0 Å². The highest BCUT2D eigenvalue weighted by molar-refractivity contribution is 7.20. The summed E-state index contributed by atoms with van der Waals surface area (Å²) in [7, 11) is 0. The van der Waals surface area contributed by atoms with E-state index in [2.05, 4.69) is 4.74 Å². The molecule has 1 aromatic heterocycles. The summed E-state index contributed by atoms with van der Waals surface area (Å²) in [6.45, 7) is -0.135. The number of halogens is 1. The third-order valence-corrected chi connectivity index (χ3v) is 3.19. The molecule has 2 heterocycles. The lowest BCUT2D eigenvalue weighted by Crippen LogP contribution is -2.38. The predicted molar refractivity (Wildman–Crippen MR) is 54.6 cm³/mol. The first kappa shape index (κ1) is 10.3. The fourth-order valence-corrected chi connectivity index (χ4v) is 2.35. The maximum Gasteiger partial charge on any atom is 0.415 e. The molecule has 0 saturated carbocycles. The van der Waals surface area contributed by atoms with E-state index in [0.29, 0.717) is 9.34 Å². The summed E-state index contributed by atoms with van der Waals surface area (Å²) in [6, 6.07) is 2.23. The summed E-state index contributed by atoms with van der Waals surface area (Å²) in [5.41, 5.74) is 0. The number of carboxylic acids is 1. The Morgan fingerprint density at radius 1 is 1.67 bits per heavy atom. The van der Waals surface area contributed by atoms with Crippen molar-refractivity contribution in [1.82, 2.24) is 0 Å². The molecule has 1 fully saturated rings. The summed E-state index contributed by atoms with van der Waals surface area (Å²) < 4.78 is 5.17. The molecule has 0 radical (unpaired) electrons. The van der Waals surface area contributed by atoms with Gasteiger partial charge in [-0.3, -0.25) is 4.90 Å². The van der Waals surface area contributed by atoms with Crippen molar-refractivity contribution in [3.05, 3.63) is 16.5 Å². The van der Waals surface area contributed by atoms with Crippen molar-refractivity contribution in [3.8, 4) is 0 Å². The Morgan fingerprint density at radius 3 is 2.93 bits per heavy atom. The van der Waals surface area contributed by atoms with E-state index < -0.39 is 18.1 Å². The molecule has 1 N–H and O–H groups in total. The average Bonchev–Trinajstić information content (AvgIpc) is 2.71. The van der Waals surface area contributed by atoms with Gasteiger partial charge >= 0.3 is 12.1 Å². The lowest BCUT2D eigenvalue weighted by Gasteiger charge is -2.15. The van der Waals surface area contributed by atoms with Crippen molar-refractivity contribution in [2.24, 2.45) is 0 Å². The lowest BCUT2D eigenvalue weighted by molar-refractivity contribution is -0.138. The Labute approximate surface area is 93.8 Å². The topological polar surface area (TPSA) is 66.8 Å². The van der Waals surface area contributed by atoms with Crippen molar-refractivity contribution in [2.45, 2.75) is 6.04 Å². The second-order valence-electron chi connectivity index (χ2n) is 2.88. The van der Waals surface area contributed by atoms with E-state index in [9.17, 15) is 9.59 Å². The van der Waals surface area contributed by atoms with Gasteiger partial charge in [-0.25, -0.2) is 9.59 Å². The molecule has 0 spiro atoms. The van der Waals surface area contributed by atoms with Gasteiger partial charge in [0.2, 0.25) is 0 Å². The number of hydrogen-bond donors (Lipinski definition) is 1. The maximum absolute atomic E-state index is 11.3. The first-order chi connectivity index (χ1) is 7.09. The van der Waals surface area contributed by atoms with Crippen LogP contribution >= 0.6 is 22.9 Å². The second-order valence-corrected chi connectivity index (χ2v) is 4.57. The Balaban J connectivity index is 2.32. The quantitative estimate of drug-likeness (QED) is 0.866. The molecule has 15 heavy (non-hydrogen) atoms. The van der Waals surface area contributed by atoms with Gasteiger partial charge < -0.3 is 9.84 Å². The van der Waals surface area contributed by atoms with Crippen LogP contribution < -0.4 is 4.90 Å². The fraction of sp³-hybridized carbons (Fsp3) is 0.250. The molecule has 0 aliphatic carbocycles. The Hall–Kier alpha value is -1.27. The van der Waals surface area contributed by atoms with Crippen LogP contribution in [-0.2, 0) is 9.53 Å². The zero-order chi connectivity index (χ0) is 11.0. The van der Waals surface area contributed by atoms with E-state index in [-0.39, 0.29) is 6.61 Å². The summed E-state index contributed by atoms with van der Waals surface area (Å²) >= 11 is 6.84. The zero-order valence-electron chi connectivity index (χ0n) is 7.34. The van der Waals surface area contributed by atoms with E-state index in [1.807, 2.05) is 0 Å². The highest BCUT2D eigenvalue weighted by Crippen LogP contribution is 2.33. The van der Waals surface area contributed by atoms with Crippen LogP contribution in [0.2, 0.25) is 4.34 Å². The van der Waals surface area contributed by atoms with Gasteiger partial charge in [-0.1, -0.05) is 11.6 Å². The van der Waals surface area contributed by atoms with E-state index in [0.717, 1.165) is 16.2 Å². The minimum Gasteiger partial charge on any atom is -0.480 e. The van der Waals surface area contributed by atoms with Crippen molar-refractivity contribution >= 4 is 40.0 Å². The van der Waals surface area contributed by atoms with Crippen LogP contribution in [0.25, 0.3) is 0 Å². The first-order valence-corrected chi connectivity index (χ1v) is 5.23. The molecule has 0 aromatic carbocycles. The van der Waals surface area contributed by atoms with Gasteiger partial charge in [-0.2, -0.15) is 0 Å². The van der Waals surface area contributed by atoms with Crippen LogP contribution in [0.4, 0.5) is 9.80 Å². The Kier molecular flexibility index (Phi) is 2.54. The Morgan fingerprint density at radius 2 is 2.40 bits per heavy atom. The molecule has 1 aliphatic heterocycles. The lowest BCUT2D eigenvalue weighted by atomic mass is 10.3. The van der Waals surface area contributed by atoms with Crippen molar-refractivity contribution in [3.63, 3.8) is 0 Å². The molecule has 0 bridgehead atoms. The van der Waals surface area contributed by atoms with Gasteiger partial charge in [-0.05, 0) is 12.1 Å². The molecule has 1 saturated heterocycles. The molecular formula is C8H6ClNO4S. The highest BCUT2D eigenvalue weighted by Gasteiger charge is 2.39. The molecule has 1 aromatic rings. The Bertz CT molecular complexity index is 419. The van der Waals surface area contributed by atoms with Crippen LogP contribution in [0, 0.1) is 0 Å². The van der Waals surface area contributed by atoms with Crippen LogP contribution in [0.3, 0.4) is 0 Å². The van der Waals surface area contributed by atoms with Crippen molar-refractivity contribution in [1.29, 1.82) is 0 Å².